The first kappa shape index (κ1) is 23.9. The highest BCUT2D eigenvalue weighted by Crippen LogP contribution is 2.32. The molecule has 0 bridgehead atoms. The fraction of sp³-hybridized carbons (Fsp3) is 0.286. The maximum atomic E-state index is 14.4. The van der Waals surface area contributed by atoms with Crippen LogP contribution in [0.3, 0.4) is 0 Å². The third-order valence-electron chi connectivity index (χ3n) is 4.36. The molecular formula is C21H22F2N4O6. The summed E-state index contributed by atoms with van der Waals surface area (Å²) in [7, 11) is 2.52. The van der Waals surface area contributed by atoms with Gasteiger partial charge in [0.2, 0.25) is 11.8 Å². The van der Waals surface area contributed by atoms with Crippen molar-refractivity contribution in [3.8, 4) is 23.1 Å². The summed E-state index contributed by atoms with van der Waals surface area (Å²) >= 11 is 0. The Kier molecular flexibility index (Phi) is 8.11. The number of aromatic nitrogens is 3. The van der Waals surface area contributed by atoms with Crippen molar-refractivity contribution in [3.05, 3.63) is 54.0 Å². The van der Waals surface area contributed by atoms with Crippen LogP contribution in [0.15, 0.2) is 36.8 Å². The van der Waals surface area contributed by atoms with E-state index in [4.69, 9.17) is 29.2 Å². The van der Waals surface area contributed by atoms with Crippen LogP contribution in [-0.2, 0) is 6.61 Å². The number of ether oxygens (including phenoxy) is 4. The van der Waals surface area contributed by atoms with Crippen molar-refractivity contribution in [2.45, 2.75) is 12.7 Å². The predicted octanol–water partition coefficient (Wildman–Crippen LogP) is 2.22. The number of benzene rings is 1. The molecule has 0 atom stereocenters. The standard InChI is InChI=1S/C21H22F2N4O6/c1-30-16-5-17(31-2)20(23)15(19(16)22)11-32-13-7-25-21(26-8-13)27-12-3-4-18(24-6-12)33-14(9-28)10-29/h3-8,14,28-29H,9-11H2,1-2H3,(H,25,26,27). The Morgan fingerprint density at radius 1 is 0.939 bits per heavy atom. The maximum Gasteiger partial charge on any atom is 0.227 e. The van der Waals surface area contributed by atoms with Crippen molar-refractivity contribution in [1.29, 1.82) is 0 Å². The van der Waals surface area contributed by atoms with E-state index in [-0.39, 0.29) is 47.9 Å². The molecule has 3 aromatic rings. The molecule has 0 unspecified atom stereocenters. The number of aliphatic hydroxyl groups is 2. The lowest BCUT2D eigenvalue weighted by atomic mass is 10.1. The summed E-state index contributed by atoms with van der Waals surface area (Å²) in [6, 6.07) is 4.30. The number of rotatable bonds is 11. The van der Waals surface area contributed by atoms with E-state index < -0.39 is 24.3 Å². The van der Waals surface area contributed by atoms with Gasteiger partial charge in [-0.25, -0.2) is 23.7 Å². The van der Waals surface area contributed by atoms with E-state index in [9.17, 15) is 8.78 Å². The normalized spacial score (nSPS) is 10.8. The molecule has 0 fully saturated rings. The number of methoxy groups -OCH3 is 2. The number of pyridine rings is 1. The van der Waals surface area contributed by atoms with Crippen molar-refractivity contribution in [2.24, 2.45) is 0 Å². The van der Waals surface area contributed by atoms with E-state index >= 15 is 0 Å². The van der Waals surface area contributed by atoms with Gasteiger partial charge in [0.25, 0.3) is 0 Å². The van der Waals surface area contributed by atoms with Crippen LogP contribution in [0.2, 0.25) is 0 Å². The Morgan fingerprint density at radius 2 is 1.58 bits per heavy atom. The molecule has 0 spiro atoms. The topological polar surface area (TPSA) is 128 Å². The molecule has 0 aliphatic heterocycles. The van der Waals surface area contributed by atoms with Crippen LogP contribution in [0.25, 0.3) is 0 Å². The molecule has 10 nitrogen and oxygen atoms in total. The van der Waals surface area contributed by atoms with Crippen LogP contribution in [0.1, 0.15) is 5.56 Å². The maximum absolute atomic E-state index is 14.4. The Morgan fingerprint density at radius 3 is 2.09 bits per heavy atom. The number of aliphatic hydroxyl groups excluding tert-OH is 2. The summed E-state index contributed by atoms with van der Waals surface area (Å²) < 4.78 is 49.3. The molecule has 1 aromatic carbocycles. The molecule has 0 amide bonds. The summed E-state index contributed by atoms with van der Waals surface area (Å²) in [5.74, 6) is -1.49. The average molecular weight is 464 g/mol. The van der Waals surface area contributed by atoms with Crippen molar-refractivity contribution < 1.29 is 37.9 Å². The van der Waals surface area contributed by atoms with E-state index in [0.717, 1.165) is 6.07 Å². The highest BCUT2D eigenvalue weighted by molar-refractivity contribution is 5.52. The zero-order valence-electron chi connectivity index (χ0n) is 17.8. The molecule has 33 heavy (non-hydrogen) atoms. The number of anilines is 2. The van der Waals surface area contributed by atoms with E-state index in [2.05, 4.69) is 20.3 Å². The molecular weight excluding hydrogens is 442 g/mol. The minimum Gasteiger partial charge on any atom is -0.494 e. The van der Waals surface area contributed by atoms with E-state index in [1.807, 2.05) is 0 Å². The van der Waals surface area contributed by atoms with Crippen LogP contribution in [0, 0.1) is 11.6 Å². The summed E-state index contributed by atoms with van der Waals surface area (Å²) in [6.07, 6.45) is 3.37. The number of halogens is 2. The Labute approximate surface area is 187 Å². The van der Waals surface area contributed by atoms with Gasteiger partial charge >= 0.3 is 0 Å². The number of hydrogen-bond acceptors (Lipinski definition) is 10. The van der Waals surface area contributed by atoms with Crippen LogP contribution < -0.4 is 24.3 Å². The van der Waals surface area contributed by atoms with Gasteiger partial charge in [-0.05, 0) is 6.07 Å². The van der Waals surface area contributed by atoms with Crippen molar-refractivity contribution in [1.82, 2.24) is 15.0 Å². The number of nitrogens with zero attached hydrogens (tertiary/aromatic N) is 3. The summed E-state index contributed by atoms with van der Waals surface area (Å²) in [5.41, 5.74) is 0.194. The molecule has 2 aromatic heterocycles. The van der Waals surface area contributed by atoms with Gasteiger partial charge in [0, 0.05) is 12.1 Å². The SMILES string of the molecule is COc1cc(OC)c(F)c(COc2cnc(Nc3ccc(OC(CO)CO)nc3)nc2)c1F. The van der Waals surface area contributed by atoms with E-state index in [1.165, 1.54) is 32.8 Å². The van der Waals surface area contributed by atoms with Crippen molar-refractivity contribution in [2.75, 3.05) is 32.8 Å². The lowest BCUT2D eigenvalue weighted by Crippen LogP contribution is -2.25. The van der Waals surface area contributed by atoms with Crippen molar-refractivity contribution in [3.63, 3.8) is 0 Å². The Balaban J connectivity index is 1.62. The van der Waals surface area contributed by atoms with Gasteiger partial charge in [0.15, 0.2) is 28.9 Å². The molecule has 0 aliphatic rings. The van der Waals surface area contributed by atoms with Crippen LogP contribution in [-0.4, -0.2) is 58.7 Å². The van der Waals surface area contributed by atoms with Crippen molar-refractivity contribution >= 4 is 11.6 Å². The minimum absolute atomic E-state index is 0.170. The molecule has 0 saturated heterocycles. The lowest BCUT2D eigenvalue weighted by Gasteiger charge is -2.14. The van der Waals surface area contributed by atoms with E-state index in [0.29, 0.717) is 5.69 Å². The van der Waals surface area contributed by atoms with Crippen LogP contribution >= 0.6 is 0 Å². The summed E-state index contributed by atoms with van der Waals surface area (Å²) in [5, 5.41) is 21.0. The predicted molar refractivity (Wildman–Crippen MR) is 112 cm³/mol. The van der Waals surface area contributed by atoms with Crippen LogP contribution in [0.4, 0.5) is 20.4 Å². The lowest BCUT2D eigenvalue weighted by molar-refractivity contribution is 0.0597. The zero-order valence-corrected chi connectivity index (χ0v) is 17.8. The van der Waals surface area contributed by atoms with Gasteiger partial charge in [-0.1, -0.05) is 0 Å². The van der Waals surface area contributed by atoms with Gasteiger partial charge in [0.1, 0.15) is 12.7 Å². The van der Waals surface area contributed by atoms with Gasteiger partial charge in [-0.15, -0.1) is 0 Å². The highest BCUT2D eigenvalue weighted by Gasteiger charge is 2.20. The second-order valence-electron chi connectivity index (χ2n) is 6.53. The highest BCUT2D eigenvalue weighted by atomic mass is 19.1. The molecule has 2 heterocycles. The molecule has 12 heteroatoms. The average Bonchev–Trinajstić information content (AvgIpc) is 2.84. The second kappa shape index (κ2) is 11.2. The smallest absolute Gasteiger partial charge is 0.227 e. The van der Waals surface area contributed by atoms with Gasteiger partial charge in [0.05, 0.1) is 57.3 Å². The first-order chi connectivity index (χ1) is 16.0. The summed E-state index contributed by atoms with van der Waals surface area (Å²) in [4.78, 5) is 12.2. The molecule has 176 valence electrons. The molecule has 0 saturated carbocycles. The van der Waals surface area contributed by atoms with E-state index in [1.54, 1.807) is 12.1 Å². The first-order valence-electron chi connectivity index (χ1n) is 9.64. The Bertz CT molecular complexity index is 1020. The molecule has 3 N–H and O–H groups in total. The minimum atomic E-state index is -0.890. The van der Waals surface area contributed by atoms with Gasteiger partial charge < -0.3 is 34.5 Å². The Hall–Kier alpha value is -3.77. The van der Waals surface area contributed by atoms with Gasteiger partial charge in [-0.3, -0.25) is 0 Å². The largest absolute Gasteiger partial charge is 0.494 e. The third-order valence-corrected chi connectivity index (χ3v) is 4.36. The third kappa shape index (κ3) is 5.93. The monoisotopic (exact) mass is 464 g/mol. The molecule has 0 radical (unpaired) electrons. The van der Waals surface area contributed by atoms with Gasteiger partial charge in [-0.2, -0.15) is 0 Å². The second-order valence-corrected chi connectivity index (χ2v) is 6.53. The zero-order chi connectivity index (χ0) is 23.8. The number of nitrogens with one attached hydrogen (secondary N) is 1. The van der Waals surface area contributed by atoms with Crippen LogP contribution in [0.5, 0.6) is 23.1 Å². The fourth-order valence-electron chi connectivity index (χ4n) is 2.63. The fourth-order valence-corrected chi connectivity index (χ4v) is 2.63. The molecule has 3 rings (SSSR count). The quantitative estimate of drug-likeness (QED) is 0.389. The first-order valence-corrected chi connectivity index (χ1v) is 9.64. The number of hydrogen-bond donors (Lipinski definition) is 3. The molecule has 0 aliphatic carbocycles. The summed E-state index contributed by atoms with van der Waals surface area (Å²) in [6.45, 7) is -1.12.